The smallest absolute Gasteiger partial charge is 0.222 e. The van der Waals surface area contributed by atoms with Crippen LogP contribution in [0.25, 0.3) is 0 Å². The van der Waals surface area contributed by atoms with Gasteiger partial charge < -0.3 is 10.6 Å². The van der Waals surface area contributed by atoms with E-state index < -0.39 is 0 Å². The van der Waals surface area contributed by atoms with E-state index in [1.54, 1.807) is 0 Å². The van der Waals surface area contributed by atoms with Gasteiger partial charge >= 0.3 is 0 Å². The first-order valence-corrected chi connectivity index (χ1v) is 7.42. The summed E-state index contributed by atoms with van der Waals surface area (Å²) in [6.45, 7) is 8.10. The van der Waals surface area contributed by atoms with Crippen molar-refractivity contribution in [3.8, 4) is 0 Å². The van der Waals surface area contributed by atoms with Crippen LogP contribution in [0.15, 0.2) is 24.3 Å². The summed E-state index contributed by atoms with van der Waals surface area (Å²) in [4.78, 5) is 16.6. The van der Waals surface area contributed by atoms with Gasteiger partial charge in [-0.15, -0.1) is 0 Å². The van der Waals surface area contributed by atoms with Crippen LogP contribution in [0.3, 0.4) is 0 Å². The molecule has 1 heterocycles. The van der Waals surface area contributed by atoms with Gasteiger partial charge in [0.15, 0.2) is 0 Å². The van der Waals surface area contributed by atoms with Crippen LogP contribution in [0.1, 0.15) is 25.8 Å². The third kappa shape index (κ3) is 3.97. The Labute approximate surface area is 121 Å². The maximum atomic E-state index is 12.2. The summed E-state index contributed by atoms with van der Waals surface area (Å²) in [5.74, 6) is 0.260. The number of nitrogens with two attached hydrogens (primary N) is 1. The molecule has 110 valence electrons. The van der Waals surface area contributed by atoms with Crippen LogP contribution in [0.4, 0.5) is 5.69 Å². The van der Waals surface area contributed by atoms with E-state index in [-0.39, 0.29) is 5.91 Å². The number of nitrogens with zero attached hydrogens (tertiary/aromatic N) is 2. The molecule has 1 aliphatic rings. The first kappa shape index (κ1) is 14.9. The number of piperazine rings is 1. The lowest BCUT2D eigenvalue weighted by Crippen LogP contribution is -2.50. The fraction of sp³-hybridized carbons (Fsp3) is 0.562. The summed E-state index contributed by atoms with van der Waals surface area (Å²) < 4.78 is 0. The highest BCUT2D eigenvalue weighted by atomic mass is 16.2. The summed E-state index contributed by atoms with van der Waals surface area (Å²) >= 11 is 0. The van der Waals surface area contributed by atoms with Crippen LogP contribution in [0.5, 0.6) is 0 Å². The Hall–Kier alpha value is -1.55. The summed E-state index contributed by atoms with van der Waals surface area (Å²) in [5.41, 5.74) is 7.65. The predicted octanol–water partition coefficient (Wildman–Crippen LogP) is 1.75. The van der Waals surface area contributed by atoms with Crippen LogP contribution in [0.2, 0.25) is 0 Å². The van der Waals surface area contributed by atoms with Crippen molar-refractivity contribution >= 4 is 11.6 Å². The Morgan fingerprint density at radius 2 is 1.95 bits per heavy atom. The summed E-state index contributed by atoms with van der Waals surface area (Å²) in [6.07, 6.45) is 1.35. The summed E-state index contributed by atoms with van der Waals surface area (Å²) in [7, 11) is 0. The zero-order valence-electron chi connectivity index (χ0n) is 12.5. The monoisotopic (exact) mass is 275 g/mol. The highest BCUT2D eigenvalue weighted by Gasteiger charge is 2.21. The number of carbonyl (C=O) groups excluding carboxylic acids is 1. The third-order valence-corrected chi connectivity index (χ3v) is 3.98. The minimum absolute atomic E-state index is 0.260. The SMILES string of the molecule is CC(C)N1CCN(C(=O)CCc2cccc(N)c2)CC1. The number of anilines is 1. The molecule has 20 heavy (non-hydrogen) atoms. The van der Waals surface area contributed by atoms with Gasteiger partial charge in [-0.1, -0.05) is 12.1 Å². The van der Waals surface area contributed by atoms with Gasteiger partial charge in [0.1, 0.15) is 0 Å². The first-order chi connectivity index (χ1) is 9.56. The zero-order valence-corrected chi connectivity index (χ0v) is 12.5. The van der Waals surface area contributed by atoms with Gasteiger partial charge in [0.25, 0.3) is 0 Å². The Balaban J connectivity index is 1.78. The van der Waals surface area contributed by atoms with E-state index in [4.69, 9.17) is 5.73 Å². The second-order valence-electron chi connectivity index (χ2n) is 5.76. The lowest BCUT2D eigenvalue weighted by molar-refractivity contribution is -0.133. The molecule has 0 aromatic heterocycles. The molecule has 1 aliphatic heterocycles. The number of rotatable bonds is 4. The van der Waals surface area contributed by atoms with Crippen molar-refractivity contribution in [2.24, 2.45) is 0 Å². The van der Waals surface area contributed by atoms with Crippen LogP contribution in [0, 0.1) is 0 Å². The fourth-order valence-electron chi connectivity index (χ4n) is 2.65. The van der Waals surface area contributed by atoms with Crippen molar-refractivity contribution in [1.82, 2.24) is 9.80 Å². The number of amides is 1. The van der Waals surface area contributed by atoms with Gasteiger partial charge in [-0.3, -0.25) is 9.69 Å². The van der Waals surface area contributed by atoms with E-state index in [0.717, 1.165) is 43.9 Å². The molecule has 1 aromatic carbocycles. The van der Waals surface area contributed by atoms with Gasteiger partial charge in [-0.2, -0.15) is 0 Å². The standard InChI is InChI=1S/C16H25N3O/c1-13(2)18-8-10-19(11-9-18)16(20)7-6-14-4-3-5-15(17)12-14/h3-5,12-13H,6-11,17H2,1-2H3. The average molecular weight is 275 g/mol. The fourth-order valence-corrected chi connectivity index (χ4v) is 2.65. The third-order valence-electron chi connectivity index (χ3n) is 3.98. The molecule has 1 amide bonds. The van der Waals surface area contributed by atoms with Crippen molar-refractivity contribution in [2.45, 2.75) is 32.7 Å². The van der Waals surface area contributed by atoms with Gasteiger partial charge in [-0.25, -0.2) is 0 Å². The number of aryl methyl sites for hydroxylation is 1. The molecule has 1 saturated heterocycles. The Morgan fingerprint density at radius 3 is 2.55 bits per heavy atom. The molecular formula is C16H25N3O. The molecule has 2 N–H and O–H groups in total. The Kier molecular flexibility index (Phi) is 5.01. The molecule has 0 aliphatic carbocycles. The maximum absolute atomic E-state index is 12.2. The van der Waals surface area contributed by atoms with Gasteiger partial charge in [-0.05, 0) is 38.0 Å². The summed E-state index contributed by atoms with van der Waals surface area (Å²) in [6, 6.07) is 8.36. The molecule has 1 aromatic rings. The molecule has 4 heteroatoms. The molecule has 0 bridgehead atoms. The van der Waals surface area contributed by atoms with Crippen LogP contribution in [-0.2, 0) is 11.2 Å². The van der Waals surface area contributed by atoms with Gasteiger partial charge in [0, 0.05) is 44.3 Å². The van der Waals surface area contributed by atoms with E-state index in [1.807, 2.05) is 29.2 Å². The molecule has 1 fully saturated rings. The molecular weight excluding hydrogens is 250 g/mol. The Bertz CT molecular complexity index is 451. The Morgan fingerprint density at radius 1 is 1.25 bits per heavy atom. The molecule has 2 rings (SSSR count). The molecule has 4 nitrogen and oxygen atoms in total. The number of nitrogen functional groups attached to an aromatic ring is 1. The molecule has 0 unspecified atom stereocenters. The highest BCUT2D eigenvalue weighted by Crippen LogP contribution is 2.11. The van der Waals surface area contributed by atoms with E-state index >= 15 is 0 Å². The predicted molar refractivity (Wildman–Crippen MR) is 82.5 cm³/mol. The first-order valence-electron chi connectivity index (χ1n) is 7.42. The van der Waals surface area contributed by atoms with E-state index in [0.29, 0.717) is 12.5 Å². The quantitative estimate of drug-likeness (QED) is 0.852. The van der Waals surface area contributed by atoms with Crippen molar-refractivity contribution < 1.29 is 4.79 Å². The normalized spacial score (nSPS) is 16.6. The van der Waals surface area contributed by atoms with E-state index in [1.165, 1.54) is 0 Å². The second-order valence-corrected chi connectivity index (χ2v) is 5.76. The van der Waals surface area contributed by atoms with Crippen molar-refractivity contribution in [3.05, 3.63) is 29.8 Å². The number of hydrogen-bond acceptors (Lipinski definition) is 3. The van der Waals surface area contributed by atoms with Crippen molar-refractivity contribution in [2.75, 3.05) is 31.9 Å². The number of benzene rings is 1. The number of carbonyl (C=O) groups is 1. The largest absolute Gasteiger partial charge is 0.399 e. The van der Waals surface area contributed by atoms with Crippen LogP contribution in [-0.4, -0.2) is 47.9 Å². The lowest BCUT2D eigenvalue weighted by Gasteiger charge is -2.37. The van der Waals surface area contributed by atoms with Crippen molar-refractivity contribution in [3.63, 3.8) is 0 Å². The van der Waals surface area contributed by atoms with Gasteiger partial charge in [0.05, 0.1) is 0 Å². The molecule has 0 radical (unpaired) electrons. The molecule has 0 saturated carbocycles. The van der Waals surface area contributed by atoms with Crippen molar-refractivity contribution in [1.29, 1.82) is 0 Å². The zero-order chi connectivity index (χ0) is 14.5. The van der Waals surface area contributed by atoms with Gasteiger partial charge in [0.2, 0.25) is 5.91 Å². The topological polar surface area (TPSA) is 49.6 Å². The minimum Gasteiger partial charge on any atom is -0.399 e. The number of hydrogen-bond donors (Lipinski definition) is 1. The lowest BCUT2D eigenvalue weighted by atomic mass is 10.1. The average Bonchev–Trinajstić information content (AvgIpc) is 2.45. The highest BCUT2D eigenvalue weighted by molar-refractivity contribution is 5.76. The van der Waals surface area contributed by atoms with Crippen LogP contribution >= 0.6 is 0 Å². The molecule has 0 atom stereocenters. The van der Waals surface area contributed by atoms with E-state index in [2.05, 4.69) is 18.7 Å². The van der Waals surface area contributed by atoms with Crippen LogP contribution < -0.4 is 5.73 Å². The molecule has 0 spiro atoms. The maximum Gasteiger partial charge on any atom is 0.222 e. The second kappa shape index (κ2) is 6.75. The summed E-state index contributed by atoms with van der Waals surface area (Å²) in [5, 5.41) is 0. The minimum atomic E-state index is 0.260. The van der Waals surface area contributed by atoms with E-state index in [9.17, 15) is 4.79 Å².